The summed E-state index contributed by atoms with van der Waals surface area (Å²) in [6.45, 7) is 1.84. The molecule has 7 nitrogen and oxygen atoms in total. The van der Waals surface area contributed by atoms with Crippen molar-refractivity contribution in [3.05, 3.63) is 71.4 Å². The molecule has 1 aliphatic rings. The molecule has 0 fully saturated rings. The van der Waals surface area contributed by atoms with E-state index in [0.717, 1.165) is 11.3 Å². The van der Waals surface area contributed by atoms with Crippen molar-refractivity contribution in [2.45, 2.75) is 13.0 Å². The lowest BCUT2D eigenvalue weighted by Crippen LogP contribution is -2.32. The smallest absolute Gasteiger partial charge is 0.316 e. The van der Waals surface area contributed by atoms with Crippen LogP contribution in [0, 0.1) is 0 Å². The maximum absolute atomic E-state index is 13.2. The summed E-state index contributed by atoms with van der Waals surface area (Å²) in [6.07, 6.45) is 0. The second kappa shape index (κ2) is 10.2. The van der Waals surface area contributed by atoms with Gasteiger partial charge in [0, 0.05) is 31.2 Å². The number of benzene rings is 2. The van der Waals surface area contributed by atoms with Crippen molar-refractivity contribution < 1.29 is 14.3 Å². The summed E-state index contributed by atoms with van der Waals surface area (Å²) in [5, 5.41) is 6.68. The zero-order valence-corrected chi connectivity index (χ0v) is 18.8. The van der Waals surface area contributed by atoms with Gasteiger partial charge in [-0.1, -0.05) is 42.1 Å². The van der Waals surface area contributed by atoms with Crippen LogP contribution in [0.5, 0.6) is 0 Å². The average Bonchev–Trinajstić information content (AvgIpc) is 2.77. The average molecular weight is 439 g/mol. The molecule has 0 aromatic heterocycles. The Morgan fingerprint density at radius 1 is 1.13 bits per heavy atom. The largest absolute Gasteiger partial charge is 0.468 e. The Bertz CT molecular complexity index is 1000. The van der Waals surface area contributed by atoms with Crippen molar-refractivity contribution in [1.29, 1.82) is 0 Å². The van der Waals surface area contributed by atoms with Crippen LogP contribution >= 0.6 is 11.8 Å². The van der Waals surface area contributed by atoms with E-state index in [-0.39, 0.29) is 17.6 Å². The van der Waals surface area contributed by atoms with Crippen molar-refractivity contribution in [1.82, 2.24) is 5.32 Å². The number of para-hydroxylation sites is 1. The SMILES string of the molecule is COC(=O)CSC1=N[C@H](c2ccc(N(C)C)cc2)C(C(=O)Nc2ccccc2)=C(C)N1. The lowest BCUT2D eigenvalue weighted by atomic mass is 9.95. The van der Waals surface area contributed by atoms with Gasteiger partial charge in [-0.15, -0.1) is 0 Å². The van der Waals surface area contributed by atoms with E-state index in [1.54, 1.807) is 0 Å². The van der Waals surface area contributed by atoms with Crippen molar-refractivity contribution in [3.63, 3.8) is 0 Å². The van der Waals surface area contributed by atoms with Crippen molar-refractivity contribution in [2.75, 3.05) is 37.2 Å². The third-order valence-electron chi connectivity index (χ3n) is 4.77. The molecule has 1 aliphatic heterocycles. The standard InChI is InChI=1S/C23H26N4O3S/c1-15-20(22(29)25-17-8-6-5-7-9-17)21(16-10-12-18(13-11-16)27(2)3)26-23(24-15)31-14-19(28)30-4/h5-13,21H,14H2,1-4H3,(H,24,26)(H,25,29)/t21-/m1/s1. The van der Waals surface area contributed by atoms with Crippen LogP contribution in [0.2, 0.25) is 0 Å². The number of carbonyl (C=O) groups excluding carboxylic acids is 2. The highest BCUT2D eigenvalue weighted by atomic mass is 32.2. The highest BCUT2D eigenvalue weighted by molar-refractivity contribution is 8.14. The molecular formula is C23H26N4O3S. The van der Waals surface area contributed by atoms with Gasteiger partial charge in [0.05, 0.1) is 18.4 Å². The number of allylic oxidation sites excluding steroid dienone is 1. The van der Waals surface area contributed by atoms with Crippen molar-refractivity contribution >= 4 is 40.2 Å². The minimum atomic E-state index is -0.499. The topological polar surface area (TPSA) is 83.0 Å². The molecule has 31 heavy (non-hydrogen) atoms. The van der Waals surface area contributed by atoms with E-state index in [4.69, 9.17) is 9.73 Å². The summed E-state index contributed by atoms with van der Waals surface area (Å²) in [6, 6.07) is 16.7. The number of hydrogen-bond acceptors (Lipinski definition) is 7. The molecule has 0 unspecified atom stereocenters. The molecule has 1 amide bonds. The van der Waals surface area contributed by atoms with Gasteiger partial charge in [-0.05, 0) is 36.8 Å². The van der Waals surface area contributed by atoms with Gasteiger partial charge in [0.25, 0.3) is 5.91 Å². The van der Waals surface area contributed by atoms with E-state index >= 15 is 0 Å². The van der Waals surface area contributed by atoms with Crippen LogP contribution < -0.4 is 15.5 Å². The van der Waals surface area contributed by atoms with Gasteiger partial charge >= 0.3 is 5.97 Å². The number of esters is 1. The molecule has 162 valence electrons. The van der Waals surface area contributed by atoms with Gasteiger partial charge < -0.3 is 20.3 Å². The number of rotatable bonds is 6. The molecule has 0 saturated carbocycles. The van der Waals surface area contributed by atoms with E-state index in [9.17, 15) is 9.59 Å². The molecule has 1 heterocycles. The molecule has 0 aliphatic carbocycles. The lowest BCUT2D eigenvalue weighted by Gasteiger charge is -2.26. The lowest BCUT2D eigenvalue weighted by molar-refractivity contribution is -0.137. The quantitative estimate of drug-likeness (QED) is 0.671. The Labute approximate surface area is 186 Å². The fraction of sp³-hybridized carbons (Fsp3) is 0.261. The van der Waals surface area contributed by atoms with Crippen LogP contribution in [-0.2, 0) is 14.3 Å². The number of thioether (sulfide) groups is 1. The van der Waals surface area contributed by atoms with Crippen molar-refractivity contribution in [3.8, 4) is 0 Å². The first kappa shape index (κ1) is 22.4. The van der Waals surface area contributed by atoms with Gasteiger partial charge in [-0.3, -0.25) is 9.59 Å². The number of anilines is 2. The molecule has 3 rings (SSSR count). The molecule has 2 aromatic carbocycles. The highest BCUT2D eigenvalue weighted by Gasteiger charge is 2.29. The van der Waals surface area contributed by atoms with Crippen LogP contribution in [0.1, 0.15) is 18.5 Å². The second-order valence-electron chi connectivity index (χ2n) is 7.17. The van der Waals surface area contributed by atoms with E-state index < -0.39 is 6.04 Å². The fourth-order valence-corrected chi connectivity index (χ4v) is 3.89. The summed E-state index contributed by atoms with van der Waals surface area (Å²) in [5.41, 5.74) is 3.88. The van der Waals surface area contributed by atoms with E-state index in [1.165, 1.54) is 18.9 Å². The summed E-state index contributed by atoms with van der Waals surface area (Å²) in [4.78, 5) is 31.5. The minimum absolute atomic E-state index is 0.132. The van der Waals surface area contributed by atoms with E-state index in [1.807, 2.05) is 80.5 Å². The molecule has 2 N–H and O–H groups in total. The van der Waals surface area contributed by atoms with Gasteiger partial charge in [0.15, 0.2) is 5.17 Å². The molecule has 2 aromatic rings. The zero-order chi connectivity index (χ0) is 22.4. The van der Waals surface area contributed by atoms with Gasteiger partial charge in [-0.2, -0.15) is 0 Å². The van der Waals surface area contributed by atoms with Crippen molar-refractivity contribution in [2.24, 2.45) is 4.99 Å². The first-order valence-corrected chi connectivity index (χ1v) is 10.8. The molecule has 0 spiro atoms. The third-order valence-corrected chi connectivity index (χ3v) is 5.64. The zero-order valence-electron chi connectivity index (χ0n) is 18.0. The predicted octanol–water partition coefficient (Wildman–Crippen LogP) is 3.57. The summed E-state index contributed by atoms with van der Waals surface area (Å²) < 4.78 is 4.72. The Balaban J connectivity index is 1.92. The van der Waals surface area contributed by atoms with Crippen LogP contribution in [0.15, 0.2) is 70.9 Å². The molecule has 0 bridgehead atoms. The Kier molecular flexibility index (Phi) is 7.36. The van der Waals surface area contributed by atoms with E-state index in [2.05, 4.69) is 10.6 Å². The predicted molar refractivity (Wildman–Crippen MR) is 126 cm³/mol. The number of aliphatic imine (C=N–C) groups is 1. The summed E-state index contributed by atoms with van der Waals surface area (Å²) in [7, 11) is 5.30. The number of nitrogens with one attached hydrogen (secondary N) is 2. The maximum Gasteiger partial charge on any atom is 0.316 e. The minimum Gasteiger partial charge on any atom is -0.468 e. The normalized spacial score (nSPS) is 15.6. The number of nitrogens with zero attached hydrogens (tertiary/aromatic N) is 2. The summed E-state index contributed by atoms with van der Waals surface area (Å²) >= 11 is 1.25. The van der Waals surface area contributed by atoms with Crippen LogP contribution in [0.25, 0.3) is 0 Å². The van der Waals surface area contributed by atoms with Gasteiger partial charge in [0.2, 0.25) is 0 Å². The first-order chi connectivity index (χ1) is 14.9. The van der Waals surface area contributed by atoms with Crippen LogP contribution in [0.3, 0.4) is 0 Å². The number of methoxy groups -OCH3 is 1. The Morgan fingerprint density at radius 2 is 1.81 bits per heavy atom. The molecular weight excluding hydrogens is 412 g/mol. The van der Waals surface area contributed by atoms with E-state index in [0.29, 0.717) is 22.1 Å². The number of amides is 1. The molecule has 0 saturated heterocycles. The molecule has 8 heteroatoms. The maximum atomic E-state index is 13.2. The highest BCUT2D eigenvalue weighted by Crippen LogP contribution is 2.33. The Morgan fingerprint density at radius 3 is 2.42 bits per heavy atom. The fourth-order valence-electron chi connectivity index (χ4n) is 3.12. The molecule has 1 atom stereocenters. The monoisotopic (exact) mass is 438 g/mol. The second-order valence-corrected chi connectivity index (χ2v) is 8.14. The van der Waals surface area contributed by atoms with Crippen LogP contribution in [0.4, 0.5) is 11.4 Å². The number of ether oxygens (including phenoxy) is 1. The Hall–Kier alpha value is -3.26. The summed E-state index contributed by atoms with van der Waals surface area (Å²) in [5.74, 6) is -0.428. The van der Waals surface area contributed by atoms with Gasteiger partial charge in [0.1, 0.15) is 6.04 Å². The van der Waals surface area contributed by atoms with Crippen LogP contribution in [-0.4, -0.2) is 44.0 Å². The number of hydrogen-bond donors (Lipinski definition) is 2. The third kappa shape index (κ3) is 5.67. The number of amidine groups is 1. The first-order valence-electron chi connectivity index (χ1n) is 9.78. The van der Waals surface area contributed by atoms with Gasteiger partial charge in [-0.25, -0.2) is 4.99 Å². The molecule has 0 radical (unpaired) electrons. The number of carbonyl (C=O) groups is 2.